The summed E-state index contributed by atoms with van der Waals surface area (Å²) in [5.41, 5.74) is 0.619. The first kappa shape index (κ1) is 7.62. The molecule has 0 atom stereocenters. The summed E-state index contributed by atoms with van der Waals surface area (Å²) in [5, 5.41) is 12.1. The molecule has 0 saturated heterocycles. The van der Waals surface area contributed by atoms with Gasteiger partial charge in [0.15, 0.2) is 5.76 Å². The molecule has 2 aromatic heterocycles. The number of hydrogen-bond donors (Lipinski definition) is 0. The van der Waals surface area contributed by atoms with Gasteiger partial charge < -0.3 is 8.94 Å². The van der Waals surface area contributed by atoms with Crippen LogP contribution in [0.15, 0.2) is 33.4 Å². The number of nitrogens with zero attached hydrogens (tertiary/aromatic N) is 2. The zero-order valence-electron chi connectivity index (χ0n) is 6.73. The Balaban J connectivity index is 2.29. The van der Waals surface area contributed by atoms with Crippen LogP contribution in [-0.4, -0.2) is 5.16 Å². The molecule has 2 aromatic rings. The van der Waals surface area contributed by atoms with Crippen LogP contribution in [0.25, 0.3) is 11.5 Å². The fourth-order valence-corrected chi connectivity index (χ4v) is 1.01. The van der Waals surface area contributed by atoms with Gasteiger partial charge in [-0.2, -0.15) is 5.26 Å². The van der Waals surface area contributed by atoms with Crippen LogP contribution in [0.3, 0.4) is 0 Å². The second kappa shape index (κ2) is 3.15. The molecule has 0 aliphatic heterocycles. The van der Waals surface area contributed by atoms with Gasteiger partial charge in [-0.3, -0.25) is 0 Å². The molecule has 13 heavy (non-hydrogen) atoms. The van der Waals surface area contributed by atoms with Crippen LogP contribution in [0, 0.1) is 11.3 Å². The predicted molar refractivity (Wildman–Crippen MR) is 43.5 cm³/mol. The third kappa shape index (κ3) is 1.44. The molecule has 2 heterocycles. The smallest absolute Gasteiger partial charge is 0.202 e. The molecule has 0 fully saturated rings. The fraction of sp³-hybridized carbons (Fsp3) is 0.111. The summed E-state index contributed by atoms with van der Waals surface area (Å²) in [6.07, 6.45) is 1.81. The molecule has 0 saturated carbocycles. The van der Waals surface area contributed by atoms with E-state index in [1.807, 2.05) is 6.07 Å². The summed E-state index contributed by atoms with van der Waals surface area (Å²) in [5.74, 6) is 1.17. The monoisotopic (exact) mass is 174 g/mol. The number of furan rings is 1. The van der Waals surface area contributed by atoms with E-state index in [-0.39, 0.29) is 6.42 Å². The highest BCUT2D eigenvalue weighted by molar-refractivity contribution is 5.49. The van der Waals surface area contributed by atoms with Crippen molar-refractivity contribution in [3.05, 3.63) is 30.2 Å². The van der Waals surface area contributed by atoms with Crippen molar-refractivity contribution in [2.24, 2.45) is 0 Å². The Morgan fingerprint density at radius 3 is 3.08 bits per heavy atom. The summed E-state index contributed by atoms with van der Waals surface area (Å²) >= 11 is 0. The summed E-state index contributed by atoms with van der Waals surface area (Å²) in [6.45, 7) is 0. The van der Waals surface area contributed by atoms with Gasteiger partial charge in [0.25, 0.3) is 0 Å². The van der Waals surface area contributed by atoms with E-state index in [0.29, 0.717) is 17.2 Å². The highest BCUT2D eigenvalue weighted by atomic mass is 16.5. The van der Waals surface area contributed by atoms with E-state index in [1.54, 1.807) is 24.5 Å². The van der Waals surface area contributed by atoms with Gasteiger partial charge in [0, 0.05) is 6.07 Å². The van der Waals surface area contributed by atoms with Gasteiger partial charge in [0.2, 0.25) is 5.76 Å². The van der Waals surface area contributed by atoms with Crippen LogP contribution < -0.4 is 0 Å². The summed E-state index contributed by atoms with van der Waals surface area (Å²) in [7, 11) is 0. The van der Waals surface area contributed by atoms with Crippen molar-refractivity contribution in [3.8, 4) is 17.6 Å². The topological polar surface area (TPSA) is 63.0 Å². The summed E-state index contributed by atoms with van der Waals surface area (Å²) < 4.78 is 10.1. The molecule has 0 aliphatic carbocycles. The minimum atomic E-state index is 0.254. The predicted octanol–water partition coefficient (Wildman–Crippen LogP) is 2.00. The Morgan fingerprint density at radius 2 is 2.38 bits per heavy atom. The Kier molecular flexibility index (Phi) is 1.85. The number of rotatable bonds is 2. The van der Waals surface area contributed by atoms with E-state index < -0.39 is 0 Å². The van der Waals surface area contributed by atoms with Crippen molar-refractivity contribution in [1.29, 1.82) is 5.26 Å². The molecule has 0 aliphatic rings. The van der Waals surface area contributed by atoms with E-state index in [0.717, 1.165) is 0 Å². The van der Waals surface area contributed by atoms with Crippen molar-refractivity contribution < 1.29 is 8.94 Å². The van der Waals surface area contributed by atoms with Gasteiger partial charge in [0.05, 0.1) is 24.4 Å². The van der Waals surface area contributed by atoms with Crippen LogP contribution in [0.1, 0.15) is 5.69 Å². The van der Waals surface area contributed by atoms with E-state index in [2.05, 4.69) is 5.16 Å². The largest absolute Gasteiger partial charge is 0.461 e. The normalized spacial score (nSPS) is 9.77. The molecule has 64 valence electrons. The highest BCUT2D eigenvalue weighted by Gasteiger charge is 2.07. The first-order chi connectivity index (χ1) is 6.40. The molecule has 2 rings (SSSR count). The molecular weight excluding hydrogens is 168 g/mol. The minimum Gasteiger partial charge on any atom is -0.461 e. The van der Waals surface area contributed by atoms with Gasteiger partial charge in [0.1, 0.15) is 0 Å². The molecule has 0 radical (unpaired) electrons. The van der Waals surface area contributed by atoms with Crippen molar-refractivity contribution >= 4 is 0 Å². The Labute approximate surface area is 74.4 Å². The zero-order valence-corrected chi connectivity index (χ0v) is 6.73. The highest BCUT2D eigenvalue weighted by Crippen LogP contribution is 2.20. The first-order valence-corrected chi connectivity index (χ1v) is 3.76. The third-order valence-corrected chi connectivity index (χ3v) is 1.58. The number of nitriles is 1. The standard InChI is InChI=1S/C9H6N2O2/c10-4-3-7-6-9(13-11-7)8-2-1-5-12-8/h1-2,5-6H,3H2. The van der Waals surface area contributed by atoms with E-state index in [1.165, 1.54) is 0 Å². The molecule has 0 spiro atoms. The van der Waals surface area contributed by atoms with Gasteiger partial charge in [-0.05, 0) is 12.1 Å². The van der Waals surface area contributed by atoms with Gasteiger partial charge in [-0.15, -0.1) is 0 Å². The van der Waals surface area contributed by atoms with Crippen LogP contribution in [0.2, 0.25) is 0 Å². The number of aromatic nitrogens is 1. The van der Waals surface area contributed by atoms with Gasteiger partial charge in [-0.25, -0.2) is 0 Å². The lowest BCUT2D eigenvalue weighted by molar-refractivity contribution is 0.412. The van der Waals surface area contributed by atoms with Gasteiger partial charge >= 0.3 is 0 Å². The molecule has 0 amide bonds. The maximum absolute atomic E-state index is 8.40. The average Bonchev–Trinajstić information content (AvgIpc) is 2.70. The fourth-order valence-electron chi connectivity index (χ4n) is 1.01. The van der Waals surface area contributed by atoms with Crippen LogP contribution in [0.4, 0.5) is 0 Å². The lowest BCUT2D eigenvalue weighted by Gasteiger charge is -1.83. The quantitative estimate of drug-likeness (QED) is 0.698. The molecule has 0 N–H and O–H groups in total. The molecule has 4 heteroatoms. The molecule has 0 aromatic carbocycles. The van der Waals surface area contributed by atoms with Crippen LogP contribution >= 0.6 is 0 Å². The van der Waals surface area contributed by atoms with Gasteiger partial charge in [-0.1, -0.05) is 5.16 Å². The second-order valence-electron chi connectivity index (χ2n) is 2.49. The summed E-state index contributed by atoms with van der Waals surface area (Å²) in [4.78, 5) is 0. The Bertz CT molecular complexity index is 423. The second-order valence-corrected chi connectivity index (χ2v) is 2.49. The van der Waals surface area contributed by atoms with E-state index in [4.69, 9.17) is 14.2 Å². The number of hydrogen-bond acceptors (Lipinski definition) is 4. The van der Waals surface area contributed by atoms with Crippen molar-refractivity contribution in [2.45, 2.75) is 6.42 Å². The van der Waals surface area contributed by atoms with Crippen molar-refractivity contribution in [2.75, 3.05) is 0 Å². The maximum Gasteiger partial charge on any atom is 0.202 e. The SMILES string of the molecule is N#CCc1cc(-c2ccco2)on1. The molecule has 4 nitrogen and oxygen atoms in total. The Hall–Kier alpha value is -2.02. The van der Waals surface area contributed by atoms with Crippen molar-refractivity contribution in [1.82, 2.24) is 5.16 Å². The van der Waals surface area contributed by atoms with Crippen LogP contribution in [0.5, 0.6) is 0 Å². The minimum absolute atomic E-state index is 0.254. The van der Waals surface area contributed by atoms with Crippen LogP contribution in [-0.2, 0) is 6.42 Å². The lowest BCUT2D eigenvalue weighted by atomic mass is 10.3. The molecular formula is C9H6N2O2. The molecule has 0 unspecified atom stereocenters. The zero-order chi connectivity index (χ0) is 9.10. The first-order valence-electron chi connectivity index (χ1n) is 3.76. The Morgan fingerprint density at radius 1 is 1.46 bits per heavy atom. The molecule has 0 bridgehead atoms. The van der Waals surface area contributed by atoms with E-state index >= 15 is 0 Å². The average molecular weight is 174 g/mol. The van der Waals surface area contributed by atoms with E-state index in [9.17, 15) is 0 Å². The maximum atomic E-state index is 8.40. The lowest BCUT2D eigenvalue weighted by Crippen LogP contribution is -1.76. The summed E-state index contributed by atoms with van der Waals surface area (Å²) in [6, 6.07) is 7.23. The van der Waals surface area contributed by atoms with Crippen molar-refractivity contribution in [3.63, 3.8) is 0 Å². The third-order valence-electron chi connectivity index (χ3n) is 1.58.